The van der Waals surface area contributed by atoms with Crippen molar-refractivity contribution in [2.45, 2.75) is 84.4 Å². The average molecular weight is 417 g/mol. The second-order valence-corrected chi connectivity index (χ2v) is 14.8. The third kappa shape index (κ3) is 6.73. The highest BCUT2D eigenvalue weighted by Crippen LogP contribution is 2.38. The summed E-state index contributed by atoms with van der Waals surface area (Å²) in [5.41, 5.74) is 2.59. The number of Topliss-reactive ketones (excluding diaryl/α,β-unsaturated/α-hetero) is 1. The average Bonchev–Trinajstić information content (AvgIpc) is 2.63. The fourth-order valence-electron chi connectivity index (χ4n) is 3.85. The lowest BCUT2D eigenvalue weighted by Gasteiger charge is -2.36. The molecule has 4 heteroatoms. The lowest BCUT2D eigenvalue weighted by atomic mass is 9.77. The van der Waals surface area contributed by atoms with Crippen LogP contribution in [0.25, 0.3) is 0 Å². The maximum atomic E-state index is 12.4. The molecule has 1 saturated carbocycles. The van der Waals surface area contributed by atoms with Gasteiger partial charge in [-0.2, -0.15) is 0 Å². The highest BCUT2D eigenvalue weighted by molar-refractivity contribution is 6.74. The number of benzene rings is 1. The normalized spacial score (nSPS) is 20.4. The van der Waals surface area contributed by atoms with Crippen molar-refractivity contribution in [3.63, 3.8) is 0 Å². The fourth-order valence-corrected chi connectivity index (χ4v) is 4.88. The molecule has 1 aliphatic carbocycles. The summed E-state index contributed by atoms with van der Waals surface area (Å²) in [5, 5.41) is 0.179. The Morgan fingerprint density at radius 2 is 1.86 bits per heavy atom. The van der Waals surface area contributed by atoms with Crippen LogP contribution in [-0.4, -0.2) is 21.2 Å². The topological polar surface area (TPSA) is 35.5 Å². The maximum absolute atomic E-state index is 12.4. The van der Waals surface area contributed by atoms with Gasteiger partial charge in [-0.3, -0.25) is 4.79 Å². The monoisotopic (exact) mass is 416 g/mol. The molecule has 0 radical (unpaired) electrons. The second kappa shape index (κ2) is 9.97. The predicted molar refractivity (Wildman–Crippen MR) is 124 cm³/mol. The SMILES string of the molecule is CO/C=C1/CCCCC1CC(Cc1ccc(O[Si](C)(C)C(C)(C)C)cc1)C(C)=O. The quantitative estimate of drug-likeness (QED) is 0.340. The molecule has 0 aromatic heterocycles. The van der Waals surface area contributed by atoms with E-state index in [1.165, 1.54) is 24.0 Å². The molecule has 29 heavy (non-hydrogen) atoms. The van der Waals surface area contributed by atoms with E-state index in [4.69, 9.17) is 9.16 Å². The Bertz CT molecular complexity index is 698. The van der Waals surface area contributed by atoms with Crippen molar-refractivity contribution in [3.8, 4) is 5.75 Å². The molecule has 1 aromatic rings. The minimum atomic E-state index is -1.83. The van der Waals surface area contributed by atoms with E-state index in [2.05, 4.69) is 58.1 Å². The number of methoxy groups -OCH3 is 1. The van der Waals surface area contributed by atoms with Gasteiger partial charge in [-0.15, -0.1) is 0 Å². The van der Waals surface area contributed by atoms with Crippen LogP contribution < -0.4 is 4.43 Å². The number of carbonyl (C=O) groups excluding carboxylic acids is 1. The van der Waals surface area contributed by atoms with Gasteiger partial charge in [-0.05, 0) is 86.3 Å². The minimum absolute atomic E-state index is 0.0607. The Hall–Kier alpha value is -1.55. The summed E-state index contributed by atoms with van der Waals surface area (Å²) in [7, 11) is -0.113. The molecule has 0 bridgehead atoms. The Morgan fingerprint density at radius 3 is 2.41 bits per heavy atom. The number of hydrogen-bond acceptors (Lipinski definition) is 3. The molecule has 1 fully saturated rings. The first-order chi connectivity index (χ1) is 13.5. The summed E-state index contributed by atoms with van der Waals surface area (Å²) >= 11 is 0. The molecule has 3 nitrogen and oxygen atoms in total. The summed E-state index contributed by atoms with van der Waals surface area (Å²) in [5.74, 6) is 1.76. The van der Waals surface area contributed by atoms with Gasteiger partial charge in [-0.25, -0.2) is 0 Å². The van der Waals surface area contributed by atoms with Crippen LogP contribution in [0.1, 0.15) is 65.4 Å². The van der Waals surface area contributed by atoms with Crippen LogP contribution in [0.2, 0.25) is 18.1 Å². The summed E-state index contributed by atoms with van der Waals surface area (Å²) in [6.07, 6.45) is 8.37. The smallest absolute Gasteiger partial charge is 0.250 e. The van der Waals surface area contributed by atoms with Gasteiger partial charge in [0.05, 0.1) is 13.4 Å². The number of rotatable bonds is 8. The third-order valence-corrected chi connectivity index (χ3v) is 11.1. The fraction of sp³-hybridized carbons (Fsp3) is 0.640. The molecule has 2 atom stereocenters. The first-order valence-corrected chi connectivity index (χ1v) is 13.9. The molecule has 0 saturated heterocycles. The second-order valence-electron chi connectivity index (χ2n) is 10.1. The predicted octanol–water partition coefficient (Wildman–Crippen LogP) is 6.93. The van der Waals surface area contributed by atoms with Crippen molar-refractivity contribution in [2.24, 2.45) is 11.8 Å². The van der Waals surface area contributed by atoms with Gasteiger partial charge in [-0.1, -0.05) is 39.3 Å². The molecule has 0 aliphatic heterocycles. The van der Waals surface area contributed by atoms with Crippen molar-refractivity contribution in [3.05, 3.63) is 41.7 Å². The van der Waals surface area contributed by atoms with Gasteiger partial charge < -0.3 is 9.16 Å². The van der Waals surface area contributed by atoms with Gasteiger partial charge in [0, 0.05) is 5.92 Å². The van der Waals surface area contributed by atoms with Crippen LogP contribution in [0, 0.1) is 11.8 Å². The Kier molecular flexibility index (Phi) is 8.16. The lowest BCUT2D eigenvalue weighted by Crippen LogP contribution is -2.43. The van der Waals surface area contributed by atoms with Crippen molar-refractivity contribution in [2.75, 3.05) is 7.11 Å². The number of ketones is 1. The zero-order chi connectivity index (χ0) is 21.7. The first-order valence-electron chi connectivity index (χ1n) is 11.0. The van der Waals surface area contributed by atoms with Gasteiger partial charge in [0.25, 0.3) is 0 Å². The molecule has 1 aromatic carbocycles. The minimum Gasteiger partial charge on any atom is -0.544 e. The van der Waals surface area contributed by atoms with Crippen LogP contribution >= 0.6 is 0 Å². The van der Waals surface area contributed by atoms with Crippen molar-refractivity contribution in [1.29, 1.82) is 0 Å². The van der Waals surface area contributed by atoms with E-state index in [9.17, 15) is 4.79 Å². The molecule has 0 heterocycles. The van der Waals surface area contributed by atoms with Crippen molar-refractivity contribution < 1.29 is 14.0 Å². The molecular weight excluding hydrogens is 376 g/mol. The Morgan fingerprint density at radius 1 is 1.21 bits per heavy atom. The summed E-state index contributed by atoms with van der Waals surface area (Å²) in [6, 6.07) is 8.41. The van der Waals surface area contributed by atoms with Crippen molar-refractivity contribution in [1.82, 2.24) is 0 Å². The molecular formula is C25H40O3Si. The first kappa shape index (κ1) is 23.7. The molecule has 2 rings (SSSR count). The summed E-state index contributed by atoms with van der Waals surface area (Å²) in [4.78, 5) is 12.4. The molecule has 162 valence electrons. The van der Waals surface area contributed by atoms with Gasteiger partial charge in [0.15, 0.2) is 0 Å². The van der Waals surface area contributed by atoms with E-state index in [0.29, 0.717) is 5.92 Å². The number of hydrogen-bond donors (Lipinski definition) is 0. The van der Waals surface area contributed by atoms with Gasteiger partial charge >= 0.3 is 0 Å². The Balaban J connectivity index is 2.05. The summed E-state index contributed by atoms with van der Waals surface area (Å²) in [6.45, 7) is 13.0. The van der Waals surface area contributed by atoms with Crippen LogP contribution in [0.5, 0.6) is 5.75 Å². The van der Waals surface area contributed by atoms with Crippen LogP contribution in [-0.2, 0) is 16.0 Å². The van der Waals surface area contributed by atoms with E-state index in [1.54, 1.807) is 14.0 Å². The largest absolute Gasteiger partial charge is 0.544 e. The Labute approximate surface area is 179 Å². The van der Waals surface area contributed by atoms with Crippen LogP contribution in [0.3, 0.4) is 0 Å². The third-order valence-electron chi connectivity index (χ3n) is 6.79. The number of ether oxygens (including phenoxy) is 1. The molecule has 1 aliphatic rings. The van der Waals surface area contributed by atoms with E-state index in [-0.39, 0.29) is 16.7 Å². The van der Waals surface area contributed by atoms with E-state index in [0.717, 1.165) is 31.4 Å². The molecule has 0 N–H and O–H groups in total. The van der Waals surface area contributed by atoms with Crippen LogP contribution in [0.4, 0.5) is 0 Å². The number of carbonyl (C=O) groups is 1. The van der Waals surface area contributed by atoms with E-state index < -0.39 is 8.32 Å². The standard InChI is InChI=1S/C25H40O3Si/c1-19(26)23(17-21-10-8-9-11-22(21)18-27-5)16-20-12-14-24(15-13-20)28-29(6,7)25(2,3)4/h12-15,18,21,23H,8-11,16-17H2,1-7H3/b22-18-. The summed E-state index contributed by atoms with van der Waals surface area (Å²) < 4.78 is 11.7. The highest BCUT2D eigenvalue weighted by atomic mass is 28.4. The van der Waals surface area contributed by atoms with Gasteiger partial charge in [0.1, 0.15) is 11.5 Å². The van der Waals surface area contributed by atoms with Crippen molar-refractivity contribution >= 4 is 14.1 Å². The van der Waals surface area contributed by atoms with Gasteiger partial charge in [0.2, 0.25) is 8.32 Å². The zero-order valence-electron chi connectivity index (χ0n) is 19.5. The van der Waals surface area contributed by atoms with E-state index >= 15 is 0 Å². The number of allylic oxidation sites excluding steroid dienone is 1. The molecule has 0 amide bonds. The molecule has 0 spiro atoms. The van der Waals surface area contributed by atoms with E-state index in [1.807, 2.05) is 6.26 Å². The maximum Gasteiger partial charge on any atom is 0.250 e. The molecule has 2 unspecified atom stereocenters. The highest BCUT2D eigenvalue weighted by Gasteiger charge is 2.38. The zero-order valence-corrected chi connectivity index (χ0v) is 20.5. The van der Waals surface area contributed by atoms with Crippen LogP contribution in [0.15, 0.2) is 36.1 Å². The lowest BCUT2D eigenvalue weighted by molar-refractivity contribution is -0.121.